The zero-order chi connectivity index (χ0) is 11.1. The van der Waals surface area contributed by atoms with E-state index in [0.717, 1.165) is 5.52 Å². The summed E-state index contributed by atoms with van der Waals surface area (Å²) in [4.78, 5) is 10.8. The highest BCUT2D eigenvalue weighted by Crippen LogP contribution is 2.14. The average molecular weight is 214 g/mol. The predicted octanol–water partition coefficient (Wildman–Crippen LogP) is 0.976. The van der Waals surface area contributed by atoms with Crippen LogP contribution >= 0.6 is 0 Å². The highest BCUT2D eigenvalue weighted by molar-refractivity contribution is 5.92. The number of aromatic nitrogens is 4. The van der Waals surface area contributed by atoms with Gasteiger partial charge in [0.1, 0.15) is 5.52 Å². The van der Waals surface area contributed by atoms with E-state index in [1.807, 2.05) is 0 Å². The van der Waals surface area contributed by atoms with Gasteiger partial charge in [-0.2, -0.15) is 5.10 Å². The first-order chi connectivity index (χ1) is 7.75. The van der Waals surface area contributed by atoms with E-state index in [-0.39, 0.29) is 5.56 Å². The number of nitrogens with zero attached hydrogens (tertiary/aromatic N) is 4. The van der Waals surface area contributed by atoms with Gasteiger partial charge in [0.2, 0.25) is 0 Å². The van der Waals surface area contributed by atoms with Crippen LogP contribution in [0, 0.1) is 0 Å². The van der Waals surface area contributed by atoms with Gasteiger partial charge in [0.15, 0.2) is 5.65 Å². The number of benzene rings is 1. The van der Waals surface area contributed by atoms with Crippen LogP contribution in [0.3, 0.4) is 0 Å². The summed E-state index contributed by atoms with van der Waals surface area (Å²) < 4.78 is 1.62. The van der Waals surface area contributed by atoms with Crippen LogP contribution in [-0.2, 0) is 0 Å². The number of hydrogen-bond donors (Lipinski definition) is 1. The molecule has 2 aromatic heterocycles. The number of hydrogen-bond acceptors (Lipinski definition) is 4. The summed E-state index contributed by atoms with van der Waals surface area (Å²) in [6.45, 7) is 0. The normalized spacial score (nSPS) is 11.0. The van der Waals surface area contributed by atoms with Crippen LogP contribution in [0.15, 0.2) is 30.5 Å². The third kappa shape index (κ3) is 1.13. The molecule has 2 heterocycles. The molecular formula is C10H6N4O2. The van der Waals surface area contributed by atoms with Crippen LogP contribution in [0.25, 0.3) is 16.7 Å². The molecular weight excluding hydrogens is 208 g/mol. The maximum Gasteiger partial charge on any atom is 0.335 e. The van der Waals surface area contributed by atoms with E-state index in [9.17, 15) is 4.79 Å². The molecule has 1 aromatic carbocycles. The lowest BCUT2D eigenvalue weighted by Crippen LogP contribution is -2.00. The largest absolute Gasteiger partial charge is 0.478 e. The summed E-state index contributed by atoms with van der Waals surface area (Å²) in [5.41, 5.74) is 2.07. The molecule has 0 saturated carbocycles. The molecule has 6 heteroatoms. The number of rotatable bonds is 1. The van der Waals surface area contributed by atoms with Gasteiger partial charge in [-0.05, 0) is 18.2 Å². The first-order valence-corrected chi connectivity index (χ1v) is 4.59. The summed E-state index contributed by atoms with van der Waals surface area (Å²) in [6.07, 6.45) is 1.62. The molecule has 0 fully saturated rings. The van der Waals surface area contributed by atoms with Crippen molar-refractivity contribution in [2.24, 2.45) is 0 Å². The minimum Gasteiger partial charge on any atom is -0.478 e. The zero-order valence-corrected chi connectivity index (χ0v) is 8.03. The average Bonchev–Trinajstić information content (AvgIpc) is 2.76. The topological polar surface area (TPSA) is 80.4 Å². The van der Waals surface area contributed by atoms with Gasteiger partial charge in [-0.25, -0.2) is 9.31 Å². The van der Waals surface area contributed by atoms with Gasteiger partial charge in [-0.3, -0.25) is 0 Å². The summed E-state index contributed by atoms with van der Waals surface area (Å²) in [6, 6.07) is 6.41. The van der Waals surface area contributed by atoms with Crippen molar-refractivity contribution in [3.63, 3.8) is 0 Å². The fraction of sp³-hybridized carbons (Fsp3) is 0. The Morgan fingerprint density at radius 3 is 2.94 bits per heavy atom. The Balaban J connectivity index is 2.41. The summed E-state index contributed by atoms with van der Waals surface area (Å²) in [5.74, 6) is -0.982. The smallest absolute Gasteiger partial charge is 0.335 e. The molecule has 3 rings (SSSR count). The number of aromatic carboxylic acids is 1. The van der Waals surface area contributed by atoms with Crippen molar-refractivity contribution in [2.75, 3.05) is 0 Å². The molecule has 6 nitrogen and oxygen atoms in total. The van der Waals surface area contributed by atoms with Gasteiger partial charge < -0.3 is 5.11 Å². The number of carboxylic acid groups (broad SMARTS) is 1. The first kappa shape index (κ1) is 8.78. The Bertz CT molecular complexity index is 704. The van der Waals surface area contributed by atoms with Crippen molar-refractivity contribution >= 4 is 22.6 Å². The second kappa shape index (κ2) is 2.99. The highest BCUT2D eigenvalue weighted by Gasteiger charge is 2.07. The van der Waals surface area contributed by atoms with E-state index >= 15 is 0 Å². The minimum atomic E-state index is -0.982. The third-order valence-electron chi connectivity index (χ3n) is 2.33. The van der Waals surface area contributed by atoms with Crippen LogP contribution in [0.2, 0.25) is 0 Å². The molecule has 0 aliphatic rings. The lowest BCUT2D eigenvalue weighted by Gasteiger charge is -2.00. The molecule has 0 aliphatic heterocycles. The van der Waals surface area contributed by atoms with Gasteiger partial charge in [0, 0.05) is 6.07 Å². The van der Waals surface area contributed by atoms with Crippen LogP contribution in [-0.4, -0.2) is 30.9 Å². The summed E-state index contributed by atoms with van der Waals surface area (Å²) in [7, 11) is 0. The molecule has 3 aromatic rings. The van der Waals surface area contributed by atoms with Gasteiger partial charge in [0.05, 0.1) is 17.3 Å². The monoisotopic (exact) mass is 214 g/mol. The third-order valence-corrected chi connectivity index (χ3v) is 2.33. The van der Waals surface area contributed by atoms with Crippen molar-refractivity contribution < 1.29 is 9.90 Å². The van der Waals surface area contributed by atoms with Crippen LogP contribution in [0.5, 0.6) is 0 Å². The molecule has 78 valence electrons. The van der Waals surface area contributed by atoms with E-state index in [4.69, 9.17) is 5.11 Å². The van der Waals surface area contributed by atoms with Crippen LogP contribution < -0.4 is 0 Å². The van der Waals surface area contributed by atoms with Crippen molar-refractivity contribution in [3.05, 3.63) is 36.0 Å². The van der Waals surface area contributed by atoms with Crippen molar-refractivity contribution in [2.45, 2.75) is 0 Å². The molecule has 0 spiro atoms. The van der Waals surface area contributed by atoms with Gasteiger partial charge in [-0.1, -0.05) is 0 Å². The Kier molecular flexibility index (Phi) is 1.64. The van der Waals surface area contributed by atoms with Gasteiger partial charge in [0.25, 0.3) is 0 Å². The first-order valence-electron chi connectivity index (χ1n) is 4.59. The molecule has 0 radical (unpaired) electrons. The van der Waals surface area contributed by atoms with E-state index in [1.54, 1.807) is 22.8 Å². The SMILES string of the molecule is O=C(O)c1ccc2c(c1)nnc1ccnn12. The van der Waals surface area contributed by atoms with Crippen molar-refractivity contribution in [3.8, 4) is 0 Å². The number of carbonyl (C=O) groups is 1. The predicted molar refractivity (Wildman–Crippen MR) is 55.2 cm³/mol. The quantitative estimate of drug-likeness (QED) is 0.653. The van der Waals surface area contributed by atoms with E-state index in [1.165, 1.54) is 12.1 Å². The highest BCUT2D eigenvalue weighted by atomic mass is 16.4. The van der Waals surface area contributed by atoms with Gasteiger partial charge in [-0.15, -0.1) is 10.2 Å². The molecule has 1 N–H and O–H groups in total. The Labute approximate surface area is 89.1 Å². The fourth-order valence-electron chi connectivity index (χ4n) is 1.58. The van der Waals surface area contributed by atoms with E-state index in [0.29, 0.717) is 11.2 Å². The van der Waals surface area contributed by atoms with Crippen LogP contribution in [0.1, 0.15) is 10.4 Å². The van der Waals surface area contributed by atoms with Gasteiger partial charge >= 0.3 is 5.97 Å². The Hall–Kier alpha value is -2.50. The van der Waals surface area contributed by atoms with E-state index < -0.39 is 5.97 Å². The standard InChI is InChI=1S/C10H6N4O2/c15-10(16)6-1-2-8-7(5-6)12-13-9-3-4-11-14(8)9/h1-5H,(H,15,16). The lowest BCUT2D eigenvalue weighted by atomic mass is 10.2. The second-order valence-electron chi connectivity index (χ2n) is 3.31. The Morgan fingerprint density at radius 1 is 1.25 bits per heavy atom. The molecule has 0 atom stereocenters. The summed E-state index contributed by atoms with van der Waals surface area (Å²) in [5, 5.41) is 20.8. The second-order valence-corrected chi connectivity index (χ2v) is 3.31. The molecule has 16 heavy (non-hydrogen) atoms. The maximum absolute atomic E-state index is 10.8. The molecule has 0 bridgehead atoms. The van der Waals surface area contributed by atoms with Crippen LogP contribution in [0.4, 0.5) is 0 Å². The molecule has 0 unspecified atom stereocenters. The minimum absolute atomic E-state index is 0.188. The zero-order valence-electron chi connectivity index (χ0n) is 8.03. The lowest BCUT2D eigenvalue weighted by molar-refractivity contribution is 0.0697. The Morgan fingerprint density at radius 2 is 2.12 bits per heavy atom. The molecule has 0 aliphatic carbocycles. The van der Waals surface area contributed by atoms with E-state index in [2.05, 4.69) is 15.3 Å². The number of carboxylic acids is 1. The number of fused-ring (bicyclic) bond motifs is 3. The van der Waals surface area contributed by atoms with Crippen molar-refractivity contribution in [1.29, 1.82) is 0 Å². The summed E-state index contributed by atoms with van der Waals surface area (Å²) >= 11 is 0. The maximum atomic E-state index is 10.8. The fourth-order valence-corrected chi connectivity index (χ4v) is 1.58. The molecule has 0 amide bonds. The van der Waals surface area contributed by atoms with Crippen molar-refractivity contribution in [1.82, 2.24) is 19.8 Å². The molecule has 0 saturated heterocycles.